The van der Waals surface area contributed by atoms with E-state index in [1.807, 2.05) is 6.92 Å². The molecule has 1 N–H and O–H groups in total. The first-order valence-electron chi connectivity index (χ1n) is 8.93. The third-order valence-corrected chi connectivity index (χ3v) is 5.80. The number of morpholine rings is 1. The highest BCUT2D eigenvalue weighted by molar-refractivity contribution is 7.17. The summed E-state index contributed by atoms with van der Waals surface area (Å²) >= 11 is 1.51. The van der Waals surface area contributed by atoms with Crippen molar-refractivity contribution >= 4 is 16.3 Å². The van der Waals surface area contributed by atoms with Gasteiger partial charge in [-0.1, -0.05) is 41.2 Å². The van der Waals surface area contributed by atoms with E-state index in [4.69, 9.17) is 4.74 Å². The number of aromatic hydroxyl groups is 1. The second-order valence-corrected chi connectivity index (χ2v) is 8.18. The molecule has 1 saturated heterocycles. The monoisotopic (exact) mass is 372 g/mol. The number of thiazole rings is 1. The smallest absolute Gasteiger partial charge is 0.230 e. The molecular weight excluding hydrogens is 348 g/mol. The van der Waals surface area contributed by atoms with Gasteiger partial charge < -0.3 is 9.84 Å². The van der Waals surface area contributed by atoms with Crippen LogP contribution in [0.4, 0.5) is 0 Å². The first-order valence-corrected chi connectivity index (χ1v) is 9.75. The van der Waals surface area contributed by atoms with E-state index in [1.165, 1.54) is 22.5 Å². The SMILES string of the molecule is Cc1cccc([C@@H](c2sc3nc(C)nn3c2O)N2C[C@@H](C)O[C@H](C)C2)c1. The van der Waals surface area contributed by atoms with Gasteiger partial charge in [-0.25, -0.2) is 4.98 Å². The van der Waals surface area contributed by atoms with Crippen molar-refractivity contribution in [3.8, 4) is 5.88 Å². The Balaban J connectivity index is 1.84. The van der Waals surface area contributed by atoms with Crippen molar-refractivity contribution in [2.75, 3.05) is 13.1 Å². The van der Waals surface area contributed by atoms with Crippen LogP contribution >= 0.6 is 11.3 Å². The van der Waals surface area contributed by atoms with E-state index < -0.39 is 0 Å². The molecule has 0 spiro atoms. The lowest BCUT2D eigenvalue weighted by molar-refractivity contribution is -0.0764. The van der Waals surface area contributed by atoms with Crippen LogP contribution in [0.2, 0.25) is 0 Å². The van der Waals surface area contributed by atoms with Crippen LogP contribution in [0, 0.1) is 13.8 Å². The molecular formula is C19H24N4O2S. The molecule has 0 radical (unpaired) electrons. The minimum Gasteiger partial charge on any atom is -0.492 e. The number of rotatable bonds is 3. The van der Waals surface area contributed by atoms with Crippen molar-refractivity contribution in [2.45, 2.75) is 45.9 Å². The number of benzene rings is 1. The van der Waals surface area contributed by atoms with Gasteiger partial charge in [0.25, 0.3) is 0 Å². The number of hydrogen-bond donors (Lipinski definition) is 1. The van der Waals surface area contributed by atoms with Gasteiger partial charge in [-0.15, -0.1) is 5.10 Å². The Labute approximate surface area is 157 Å². The minimum absolute atomic E-state index is 0.0440. The molecule has 0 unspecified atom stereocenters. The number of fused-ring (bicyclic) bond motifs is 1. The maximum Gasteiger partial charge on any atom is 0.230 e. The molecule has 3 heterocycles. The van der Waals surface area contributed by atoms with E-state index in [2.05, 4.69) is 60.0 Å². The predicted molar refractivity (Wildman–Crippen MR) is 102 cm³/mol. The third kappa shape index (κ3) is 3.11. The Kier molecular flexibility index (Phi) is 4.46. The lowest BCUT2D eigenvalue weighted by Gasteiger charge is -2.40. The second kappa shape index (κ2) is 6.64. The Bertz CT molecular complexity index is 925. The average molecular weight is 372 g/mol. The molecule has 1 aliphatic rings. The highest BCUT2D eigenvalue weighted by Gasteiger charge is 2.34. The van der Waals surface area contributed by atoms with Crippen LogP contribution in [-0.4, -0.2) is 49.9 Å². The van der Waals surface area contributed by atoms with Crippen LogP contribution in [0.5, 0.6) is 5.88 Å². The first kappa shape index (κ1) is 17.5. The van der Waals surface area contributed by atoms with Gasteiger partial charge in [0.05, 0.1) is 23.1 Å². The third-order valence-electron chi connectivity index (χ3n) is 4.72. The minimum atomic E-state index is -0.0440. The van der Waals surface area contributed by atoms with Gasteiger partial charge in [0, 0.05) is 13.1 Å². The van der Waals surface area contributed by atoms with Gasteiger partial charge in [0.15, 0.2) is 0 Å². The zero-order chi connectivity index (χ0) is 18.4. The highest BCUT2D eigenvalue weighted by Crippen LogP contribution is 2.41. The normalized spacial score (nSPS) is 22.8. The molecule has 1 fully saturated rings. The number of aryl methyl sites for hydroxylation is 2. The molecule has 1 aromatic carbocycles. The highest BCUT2D eigenvalue weighted by atomic mass is 32.1. The summed E-state index contributed by atoms with van der Waals surface area (Å²) in [5.74, 6) is 0.850. The van der Waals surface area contributed by atoms with E-state index in [0.717, 1.165) is 22.9 Å². The van der Waals surface area contributed by atoms with Crippen molar-refractivity contribution in [3.05, 3.63) is 46.1 Å². The number of ether oxygens (including phenoxy) is 1. The molecule has 7 heteroatoms. The maximum absolute atomic E-state index is 10.9. The molecule has 0 bridgehead atoms. The number of aromatic nitrogens is 3. The lowest BCUT2D eigenvalue weighted by Crippen LogP contribution is -2.47. The van der Waals surface area contributed by atoms with Gasteiger partial charge in [-0.05, 0) is 33.3 Å². The topological polar surface area (TPSA) is 62.9 Å². The Morgan fingerprint density at radius 1 is 1.23 bits per heavy atom. The van der Waals surface area contributed by atoms with Crippen LogP contribution in [-0.2, 0) is 4.74 Å². The Morgan fingerprint density at radius 3 is 2.62 bits per heavy atom. The van der Waals surface area contributed by atoms with E-state index >= 15 is 0 Å². The summed E-state index contributed by atoms with van der Waals surface area (Å²) in [5, 5.41) is 15.2. The summed E-state index contributed by atoms with van der Waals surface area (Å²) in [6.07, 6.45) is 0.301. The molecule has 4 rings (SSSR count). The standard InChI is InChI=1S/C19H24N4O2S/c1-11-6-5-7-15(8-11)16(22-9-12(2)25-13(3)10-22)17-18(24)23-19(26-17)20-14(4)21-23/h5-8,12-13,16,24H,9-10H2,1-4H3/t12-,13-,16+/m1/s1. The van der Waals surface area contributed by atoms with Gasteiger partial charge in [0.1, 0.15) is 5.82 Å². The molecule has 1 aliphatic heterocycles. The zero-order valence-electron chi connectivity index (χ0n) is 15.5. The fraction of sp³-hybridized carbons (Fsp3) is 0.474. The van der Waals surface area contributed by atoms with Crippen LogP contribution in [0.15, 0.2) is 24.3 Å². The quantitative estimate of drug-likeness (QED) is 0.764. The summed E-state index contributed by atoms with van der Waals surface area (Å²) in [6.45, 7) is 9.76. The van der Waals surface area contributed by atoms with E-state index in [-0.39, 0.29) is 24.1 Å². The zero-order valence-corrected chi connectivity index (χ0v) is 16.3. The van der Waals surface area contributed by atoms with Crippen LogP contribution in [0.25, 0.3) is 4.96 Å². The first-order chi connectivity index (χ1) is 12.4. The average Bonchev–Trinajstić information content (AvgIpc) is 3.05. The van der Waals surface area contributed by atoms with Crippen LogP contribution in [0.1, 0.15) is 41.7 Å². The fourth-order valence-electron chi connectivity index (χ4n) is 3.82. The molecule has 0 aliphatic carbocycles. The van der Waals surface area contributed by atoms with Gasteiger partial charge in [-0.3, -0.25) is 4.90 Å². The lowest BCUT2D eigenvalue weighted by atomic mass is 10.00. The molecule has 6 nitrogen and oxygen atoms in total. The van der Waals surface area contributed by atoms with Crippen LogP contribution < -0.4 is 0 Å². The Hall–Kier alpha value is -1.96. The summed E-state index contributed by atoms with van der Waals surface area (Å²) in [6, 6.07) is 8.44. The van der Waals surface area contributed by atoms with Crippen molar-refractivity contribution in [1.82, 2.24) is 19.5 Å². The molecule has 26 heavy (non-hydrogen) atoms. The fourth-order valence-corrected chi connectivity index (χ4v) is 4.99. The van der Waals surface area contributed by atoms with Crippen molar-refractivity contribution in [1.29, 1.82) is 0 Å². The van der Waals surface area contributed by atoms with E-state index in [1.54, 1.807) is 4.52 Å². The van der Waals surface area contributed by atoms with Crippen LogP contribution in [0.3, 0.4) is 0 Å². The largest absolute Gasteiger partial charge is 0.492 e. The second-order valence-electron chi connectivity index (χ2n) is 7.17. The predicted octanol–water partition coefficient (Wildman–Crippen LogP) is 3.31. The van der Waals surface area contributed by atoms with E-state index in [0.29, 0.717) is 5.82 Å². The van der Waals surface area contributed by atoms with Crippen molar-refractivity contribution in [2.24, 2.45) is 0 Å². The molecule has 3 atom stereocenters. The van der Waals surface area contributed by atoms with Crippen molar-refractivity contribution < 1.29 is 9.84 Å². The molecule has 138 valence electrons. The van der Waals surface area contributed by atoms with Gasteiger partial charge in [0.2, 0.25) is 10.8 Å². The van der Waals surface area contributed by atoms with Gasteiger partial charge in [-0.2, -0.15) is 4.52 Å². The molecule has 2 aromatic heterocycles. The summed E-state index contributed by atoms with van der Waals surface area (Å²) in [4.78, 5) is 8.43. The molecule has 3 aromatic rings. The molecule has 0 saturated carbocycles. The number of nitrogens with zero attached hydrogens (tertiary/aromatic N) is 4. The summed E-state index contributed by atoms with van der Waals surface area (Å²) in [7, 11) is 0. The van der Waals surface area contributed by atoms with Crippen molar-refractivity contribution in [3.63, 3.8) is 0 Å². The molecule has 0 amide bonds. The van der Waals surface area contributed by atoms with Gasteiger partial charge >= 0.3 is 0 Å². The maximum atomic E-state index is 10.9. The Morgan fingerprint density at radius 2 is 1.96 bits per heavy atom. The summed E-state index contributed by atoms with van der Waals surface area (Å²) in [5.41, 5.74) is 2.37. The number of hydrogen-bond acceptors (Lipinski definition) is 6. The summed E-state index contributed by atoms with van der Waals surface area (Å²) < 4.78 is 7.47. The van der Waals surface area contributed by atoms with E-state index in [9.17, 15) is 5.11 Å².